The van der Waals surface area contributed by atoms with Gasteiger partial charge in [-0.05, 0) is 86.6 Å². The summed E-state index contributed by atoms with van der Waals surface area (Å²) in [6.45, 7) is 5.45. The van der Waals surface area contributed by atoms with E-state index in [-0.39, 0.29) is 5.82 Å². The van der Waals surface area contributed by atoms with Crippen LogP contribution in [-0.2, 0) is 0 Å². The Morgan fingerprint density at radius 1 is 1.19 bits per heavy atom. The molecular formula is C24H29FN2O3S. The van der Waals surface area contributed by atoms with Crippen molar-refractivity contribution in [3.8, 4) is 11.5 Å². The highest BCUT2D eigenvalue weighted by molar-refractivity contribution is 7.07. The molecule has 1 N–H and O–H groups in total. The highest BCUT2D eigenvalue weighted by Crippen LogP contribution is 2.36. The standard InChI is InChI=1S/C24H29FN2O3S/c1-16(28)18-4-7-22(23(14-18)29-2)30-13-3-10-27-11-8-17(9-12-27)24-20-6-5-19(25)15-21(20)26-31-24/h4-7,14-17,28H,3,8-13H2,1-2H3. The summed E-state index contributed by atoms with van der Waals surface area (Å²) in [6, 6.07) is 10.5. The van der Waals surface area contributed by atoms with Crippen LogP contribution in [0.5, 0.6) is 11.5 Å². The quantitative estimate of drug-likeness (QED) is 0.487. The normalized spacial score (nSPS) is 16.5. The molecule has 0 aliphatic carbocycles. The Kier molecular flexibility index (Phi) is 7.05. The smallest absolute Gasteiger partial charge is 0.161 e. The number of halogens is 1. The number of methoxy groups -OCH3 is 1. The molecule has 1 unspecified atom stereocenters. The summed E-state index contributed by atoms with van der Waals surface area (Å²) >= 11 is 1.52. The highest BCUT2D eigenvalue weighted by Gasteiger charge is 2.23. The second-order valence-electron chi connectivity index (χ2n) is 8.11. The SMILES string of the molecule is COc1cc(C(C)O)ccc1OCCCN1CCC(c2snc3cc(F)ccc23)CC1. The summed E-state index contributed by atoms with van der Waals surface area (Å²) in [6.07, 6.45) is 2.61. The highest BCUT2D eigenvalue weighted by atomic mass is 32.1. The number of aliphatic hydroxyl groups excluding tert-OH is 1. The van der Waals surface area contributed by atoms with Gasteiger partial charge >= 0.3 is 0 Å². The van der Waals surface area contributed by atoms with Crippen LogP contribution in [0.4, 0.5) is 4.39 Å². The number of hydrogen-bond acceptors (Lipinski definition) is 6. The topological polar surface area (TPSA) is 54.8 Å². The molecule has 1 fully saturated rings. The van der Waals surface area contributed by atoms with E-state index in [1.807, 2.05) is 24.3 Å². The zero-order chi connectivity index (χ0) is 21.8. The van der Waals surface area contributed by atoms with E-state index in [0.29, 0.717) is 24.0 Å². The van der Waals surface area contributed by atoms with E-state index in [4.69, 9.17) is 9.47 Å². The predicted molar refractivity (Wildman–Crippen MR) is 122 cm³/mol. The molecule has 7 heteroatoms. The summed E-state index contributed by atoms with van der Waals surface area (Å²) in [4.78, 5) is 3.78. The van der Waals surface area contributed by atoms with Crippen molar-refractivity contribution in [3.63, 3.8) is 0 Å². The molecule has 2 aromatic carbocycles. The molecule has 2 heterocycles. The number of rotatable bonds is 8. The lowest BCUT2D eigenvalue weighted by atomic mass is 9.93. The molecule has 5 nitrogen and oxygen atoms in total. The van der Waals surface area contributed by atoms with Crippen molar-refractivity contribution >= 4 is 22.4 Å². The molecule has 1 aliphatic heterocycles. The second kappa shape index (κ2) is 9.94. The van der Waals surface area contributed by atoms with E-state index in [1.54, 1.807) is 14.0 Å². The lowest BCUT2D eigenvalue weighted by molar-refractivity contribution is 0.191. The van der Waals surface area contributed by atoms with Gasteiger partial charge in [0, 0.05) is 22.9 Å². The average molecular weight is 445 g/mol. The number of hydrogen-bond donors (Lipinski definition) is 1. The number of aliphatic hydroxyl groups is 1. The van der Waals surface area contributed by atoms with Crippen molar-refractivity contribution in [2.75, 3.05) is 33.4 Å². The molecule has 0 spiro atoms. The Bertz CT molecular complexity index is 1020. The molecule has 1 saturated heterocycles. The zero-order valence-corrected chi connectivity index (χ0v) is 18.8. The third kappa shape index (κ3) is 5.17. The van der Waals surface area contributed by atoms with Gasteiger partial charge in [-0.2, -0.15) is 4.37 Å². The van der Waals surface area contributed by atoms with Crippen molar-refractivity contribution in [1.29, 1.82) is 0 Å². The number of likely N-dealkylation sites (tertiary alicyclic amines) is 1. The largest absolute Gasteiger partial charge is 0.493 e. The van der Waals surface area contributed by atoms with Crippen molar-refractivity contribution in [2.24, 2.45) is 0 Å². The first-order chi connectivity index (χ1) is 15.0. The van der Waals surface area contributed by atoms with Crippen LogP contribution in [0.2, 0.25) is 0 Å². The van der Waals surface area contributed by atoms with Gasteiger partial charge in [0.1, 0.15) is 5.82 Å². The summed E-state index contributed by atoms with van der Waals surface area (Å²) < 4.78 is 29.2. The zero-order valence-electron chi connectivity index (χ0n) is 18.0. The third-order valence-electron chi connectivity index (χ3n) is 5.97. The molecule has 1 aliphatic rings. The van der Waals surface area contributed by atoms with Crippen LogP contribution in [0.25, 0.3) is 10.9 Å². The van der Waals surface area contributed by atoms with Gasteiger partial charge in [0.25, 0.3) is 0 Å². The molecule has 0 amide bonds. The summed E-state index contributed by atoms with van der Waals surface area (Å²) in [5.41, 5.74) is 1.59. The number of nitrogens with zero attached hydrogens (tertiary/aromatic N) is 2. The first-order valence-electron chi connectivity index (χ1n) is 10.8. The van der Waals surface area contributed by atoms with Gasteiger partial charge in [0.15, 0.2) is 11.5 Å². The van der Waals surface area contributed by atoms with E-state index in [1.165, 1.54) is 28.5 Å². The van der Waals surface area contributed by atoms with Crippen LogP contribution < -0.4 is 9.47 Å². The molecule has 31 heavy (non-hydrogen) atoms. The van der Waals surface area contributed by atoms with Gasteiger partial charge in [-0.25, -0.2) is 4.39 Å². The van der Waals surface area contributed by atoms with Crippen LogP contribution in [0.1, 0.15) is 48.6 Å². The fraction of sp³-hybridized carbons (Fsp3) is 0.458. The maximum absolute atomic E-state index is 13.4. The number of piperidine rings is 1. The first-order valence-corrected chi connectivity index (χ1v) is 11.6. The predicted octanol–water partition coefficient (Wildman–Crippen LogP) is 5.15. The van der Waals surface area contributed by atoms with E-state index in [2.05, 4.69) is 9.27 Å². The Hall–Kier alpha value is -2.22. The van der Waals surface area contributed by atoms with Crippen LogP contribution >= 0.6 is 11.5 Å². The molecule has 4 rings (SSSR count). The van der Waals surface area contributed by atoms with Crippen molar-refractivity contribution < 1.29 is 19.0 Å². The van der Waals surface area contributed by atoms with Gasteiger partial charge < -0.3 is 19.5 Å². The lowest BCUT2D eigenvalue weighted by Crippen LogP contribution is -2.34. The Balaban J connectivity index is 1.24. The molecule has 1 atom stereocenters. The van der Waals surface area contributed by atoms with Gasteiger partial charge in [-0.15, -0.1) is 0 Å². The monoisotopic (exact) mass is 444 g/mol. The molecule has 0 saturated carbocycles. The van der Waals surface area contributed by atoms with Gasteiger partial charge in [0.05, 0.1) is 25.3 Å². The second-order valence-corrected chi connectivity index (χ2v) is 8.92. The van der Waals surface area contributed by atoms with Crippen LogP contribution in [0.3, 0.4) is 0 Å². The van der Waals surface area contributed by atoms with Gasteiger partial charge in [-0.3, -0.25) is 0 Å². The number of ether oxygens (including phenoxy) is 2. The Labute approximate surface area is 186 Å². The molecular weight excluding hydrogens is 415 g/mol. The minimum absolute atomic E-state index is 0.224. The summed E-state index contributed by atoms with van der Waals surface area (Å²) in [5, 5.41) is 10.8. The van der Waals surface area contributed by atoms with Crippen LogP contribution in [-0.4, -0.2) is 47.7 Å². The average Bonchev–Trinajstić information content (AvgIpc) is 3.20. The van der Waals surface area contributed by atoms with Crippen LogP contribution in [0, 0.1) is 5.82 Å². The molecule has 1 aromatic heterocycles. The third-order valence-corrected chi connectivity index (χ3v) is 7.01. The van der Waals surface area contributed by atoms with E-state index in [9.17, 15) is 9.50 Å². The fourth-order valence-electron chi connectivity index (χ4n) is 4.18. The van der Waals surface area contributed by atoms with Crippen molar-refractivity contribution in [3.05, 3.63) is 52.7 Å². The number of benzene rings is 2. The van der Waals surface area contributed by atoms with E-state index < -0.39 is 6.10 Å². The fourth-order valence-corrected chi connectivity index (χ4v) is 5.19. The summed E-state index contributed by atoms with van der Waals surface area (Å²) in [7, 11) is 1.61. The maximum atomic E-state index is 13.4. The molecule has 3 aromatic rings. The minimum atomic E-state index is -0.532. The summed E-state index contributed by atoms with van der Waals surface area (Å²) in [5.74, 6) is 1.64. The van der Waals surface area contributed by atoms with Crippen molar-refractivity contribution in [1.82, 2.24) is 9.27 Å². The molecule has 166 valence electrons. The Morgan fingerprint density at radius 2 is 2.00 bits per heavy atom. The number of aromatic nitrogens is 1. The number of fused-ring (bicyclic) bond motifs is 1. The molecule has 0 radical (unpaired) electrons. The van der Waals surface area contributed by atoms with Gasteiger partial charge in [0.2, 0.25) is 0 Å². The minimum Gasteiger partial charge on any atom is -0.493 e. The van der Waals surface area contributed by atoms with Gasteiger partial charge in [-0.1, -0.05) is 6.07 Å². The lowest BCUT2D eigenvalue weighted by Gasteiger charge is -2.31. The first kappa shape index (κ1) is 22.0. The van der Waals surface area contributed by atoms with Crippen LogP contribution in [0.15, 0.2) is 36.4 Å². The van der Waals surface area contributed by atoms with Crippen molar-refractivity contribution in [2.45, 2.75) is 38.2 Å². The van der Waals surface area contributed by atoms with E-state index in [0.717, 1.165) is 55.4 Å². The van der Waals surface area contributed by atoms with E-state index >= 15 is 0 Å². The Morgan fingerprint density at radius 3 is 2.74 bits per heavy atom. The molecule has 0 bridgehead atoms. The maximum Gasteiger partial charge on any atom is 0.161 e.